The van der Waals surface area contributed by atoms with Gasteiger partial charge in [0.15, 0.2) is 0 Å². The number of likely N-dealkylation sites (tertiary alicyclic amines) is 1. The SMILES string of the molecule is Cc1cc(C)n(CCC(=O)N[C@H]2CCCN(C3CCCCCC3)C2)n1. The maximum Gasteiger partial charge on any atom is 0.222 e. The van der Waals surface area contributed by atoms with Crippen molar-refractivity contribution in [2.75, 3.05) is 13.1 Å². The average molecular weight is 347 g/mol. The van der Waals surface area contributed by atoms with Crippen LogP contribution in [-0.2, 0) is 11.3 Å². The minimum atomic E-state index is 0.167. The topological polar surface area (TPSA) is 50.2 Å². The van der Waals surface area contributed by atoms with Crippen LogP contribution < -0.4 is 5.32 Å². The number of piperidine rings is 1. The van der Waals surface area contributed by atoms with Gasteiger partial charge in [-0.2, -0.15) is 5.10 Å². The molecule has 1 N–H and O–H groups in total. The van der Waals surface area contributed by atoms with E-state index in [2.05, 4.69) is 21.4 Å². The average Bonchev–Trinajstić information content (AvgIpc) is 2.80. The predicted octanol–water partition coefficient (Wildman–Crippen LogP) is 3.19. The summed E-state index contributed by atoms with van der Waals surface area (Å²) in [5, 5.41) is 7.72. The third kappa shape index (κ3) is 5.30. The van der Waals surface area contributed by atoms with E-state index in [1.165, 1.54) is 51.5 Å². The molecule has 1 amide bonds. The Morgan fingerprint density at radius 2 is 1.92 bits per heavy atom. The zero-order valence-corrected chi connectivity index (χ0v) is 16.0. The number of aromatic nitrogens is 2. The first kappa shape index (κ1) is 18.4. The van der Waals surface area contributed by atoms with Gasteiger partial charge in [0.2, 0.25) is 5.91 Å². The minimum Gasteiger partial charge on any atom is -0.352 e. The highest BCUT2D eigenvalue weighted by molar-refractivity contribution is 5.76. The van der Waals surface area contributed by atoms with E-state index < -0.39 is 0 Å². The molecule has 5 nitrogen and oxygen atoms in total. The molecule has 140 valence electrons. The number of hydrogen-bond donors (Lipinski definition) is 1. The van der Waals surface area contributed by atoms with Gasteiger partial charge in [-0.15, -0.1) is 0 Å². The number of carbonyl (C=O) groups is 1. The number of nitrogens with zero attached hydrogens (tertiary/aromatic N) is 3. The minimum absolute atomic E-state index is 0.167. The number of nitrogens with one attached hydrogen (secondary N) is 1. The van der Waals surface area contributed by atoms with Crippen molar-refractivity contribution >= 4 is 5.91 Å². The second-order valence-electron chi connectivity index (χ2n) is 7.95. The summed E-state index contributed by atoms with van der Waals surface area (Å²) >= 11 is 0. The fourth-order valence-corrected chi connectivity index (χ4v) is 4.49. The summed E-state index contributed by atoms with van der Waals surface area (Å²) in [4.78, 5) is 15.0. The molecule has 1 saturated carbocycles. The maximum atomic E-state index is 12.4. The largest absolute Gasteiger partial charge is 0.352 e. The van der Waals surface area contributed by atoms with E-state index in [0.717, 1.165) is 30.4 Å². The van der Waals surface area contributed by atoms with Crippen molar-refractivity contribution in [1.82, 2.24) is 20.0 Å². The van der Waals surface area contributed by atoms with Crippen LogP contribution in [-0.4, -0.2) is 45.8 Å². The number of rotatable bonds is 5. The fourth-order valence-electron chi connectivity index (χ4n) is 4.49. The molecule has 0 spiro atoms. The molecule has 2 aliphatic rings. The summed E-state index contributed by atoms with van der Waals surface area (Å²) < 4.78 is 1.94. The lowest BCUT2D eigenvalue weighted by molar-refractivity contribution is -0.122. The highest BCUT2D eigenvalue weighted by Gasteiger charge is 2.27. The molecule has 2 heterocycles. The molecule has 0 unspecified atom stereocenters. The summed E-state index contributed by atoms with van der Waals surface area (Å²) in [5.41, 5.74) is 2.15. The first-order valence-corrected chi connectivity index (χ1v) is 10.2. The number of amides is 1. The second kappa shape index (κ2) is 8.84. The molecule has 1 saturated heterocycles. The normalized spacial score (nSPS) is 23.4. The monoisotopic (exact) mass is 346 g/mol. The van der Waals surface area contributed by atoms with E-state index in [-0.39, 0.29) is 5.91 Å². The maximum absolute atomic E-state index is 12.4. The highest BCUT2D eigenvalue weighted by Crippen LogP contribution is 2.24. The van der Waals surface area contributed by atoms with Gasteiger partial charge in [-0.1, -0.05) is 25.7 Å². The van der Waals surface area contributed by atoms with E-state index in [9.17, 15) is 4.79 Å². The molecule has 1 aliphatic heterocycles. The van der Waals surface area contributed by atoms with Gasteiger partial charge >= 0.3 is 0 Å². The number of aryl methyl sites for hydroxylation is 3. The Hall–Kier alpha value is -1.36. The van der Waals surface area contributed by atoms with Gasteiger partial charge < -0.3 is 5.32 Å². The molecular weight excluding hydrogens is 312 g/mol. The van der Waals surface area contributed by atoms with E-state index in [0.29, 0.717) is 19.0 Å². The van der Waals surface area contributed by atoms with Crippen molar-refractivity contribution in [2.24, 2.45) is 0 Å². The third-order valence-corrected chi connectivity index (χ3v) is 5.81. The van der Waals surface area contributed by atoms with Crippen LogP contribution in [0.3, 0.4) is 0 Å². The Morgan fingerprint density at radius 3 is 2.60 bits per heavy atom. The van der Waals surface area contributed by atoms with Gasteiger partial charge in [0, 0.05) is 37.3 Å². The van der Waals surface area contributed by atoms with Crippen molar-refractivity contribution in [2.45, 2.75) is 90.3 Å². The van der Waals surface area contributed by atoms with E-state index in [4.69, 9.17) is 0 Å². The quantitative estimate of drug-likeness (QED) is 0.833. The first-order valence-electron chi connectivity index (χ1n) is 10.2. The zero-order chi connectivity index (χ0) is 17.6. The third-order valence-electron chi connectivity index (χ3n) is 5.81. The van der Waals surface area contributed by atoms with Gasteiger partial charge in [-0.05, 0) is 52.1 Å². The van der Waals surface area contributed by atoms with Crippen LogP contribution in [0.1, 0.15) is 69.2 Å². The fraction of sp³-hybridized carbons (Fsp3) is 0.800. The number of carbonyl (C=O) groups excluding carboxylic acids is 1. The highest BCUT2D eigenvalue weighted by atomic mass is 16.1. The van der Waals surface area contributed by atoms with Gasteiger partial charge in [-0.3, -0.25) is 14.4 Å². The Kier molecular flexibility index (Phi) is 6.51. The van der Waals surface area contributed by atoms with E-state index in [1.807, 2.05) is 18.5 Å². The van der Waals surface area contributed by atoms with Gasteiger partial charge in [0.1, 0.15) is 0 Å². The predicted molar refractivity (Wildman–Crippen MR) is 101 cm³/mol. The van der Waals surface area contributed by atoms with Crippen LogP contribution in [0.4, 0.5) is 0 Å². The van der Waals surface area contributed by atoms with Crippen molar-refractivity contribution in [3.05, 3.63) is 17.5 Å². The zero-order valence-electron chi connectivity index (χ0n) is 16.0. The molecule has 1 aromatic rings. The standard InChI is InChI=1S/C20H34N4O/c1-16-14-17(2)24(22-16)13-11-20(25)21-18-8-7-12-23(15-18)19-9-5-3-4-6-10-19/h14,18-19H,3-13,15H2,1-2H3,(H,21,25)/t18-/m0/s1. The molecular formula is C20H34N4O. The lowest BCUT2D eigenvalue weighted by atomic mass is 10.00. The van der Waals surface area contributed by atoms with E-state index >= 15 is 0 Å². The van der Waals surface area contributed by atoms with Crippen LogP contribution in [0.15, 0.2) is 6.07 Å². The van der Waals surface area contributed by atoms with Crippen molar-refractivity contribution < 1.29 is 4.79 Å². The second-order valence-corrected chi connectivity index (χ2v) is 7.95. The molecule has 0 bridgehead atoms. The first-order chi connectivity index (χ1) is 12.1. The van der Waals surface area contributed by atoms with Gasteiger partial charge in [0.05, 0.1) is 5.69 Å². The smallest absolute Gasteiger partial charge is 0.222 e. The summed E-state index contributed by atoms with van der Waals surface area (Å²) in [6.07, 6.45) is 11.1. The van der Waals surface area contributed by atoms with Crippen molar-refractivity contribution in [1.29, 1.82) is 0 Å². The van der Waals surface area contributed by atoms with Gasteiger partial charge in [-0.25, -0.2) is 0 Å². The number of hydrogen-bond acceptors (Lipinski definition) is 3. The Bertz CT molecular complexity index is 560. The lowest BCUT2D eigenvalue weighted by Crippen LogP contribution is -2.51. The van der Waals surface area contributed by atoms with Crippen LogP contribution >= 0.6 is 0 Å². The van der Waals surface area contributed by atoms with Gasteiger partial charge in [0.25, 0.3) is 0 Å². The lowest BCUT2D eigenvalue weighted by Gasteiger charge is -2.38. The van der Waals surface area contributed by atoms with Crippen LogP contribution in [0, 0.1) is 13.8 Å². The molecule has 0 radical (unpaired) electrons. The molecule has 1 aliphatic carbocycles. The summed E-state index contributed by atoms with van der Waals surface area (Å²) in [5.74, 6) is 0.167. The molecule has 3 rings (SSSR count). The Labute approximate surface area is 152 Å². The van der Waals surface area contributed by atoms with Crippen LogP contribution in [0.2, 0.25) is 0 Å². The molecule has 25 heavy (non-hydrogen) atoms. The molecule has 1 aromatic heterocycles. The van der Waals surface area contributed by atoms with Crippen LogP contribution in [0.25, 0.3) is 0 Å². The Balaban J connectivity index is 1.45. The molecule has 5 heteroatoms. The van der Waals surface area contributed by atoms with Crippen LogP contribution in [0.5, 0.6) is 0 Å². The molecule has 1 atom stereocenters. The van der Waals surface area contributed by atoms with E-state index in [1.54, 1.807) is 0 Å². The van der Waals surface area contributed by atoms with Crippen molar-refractivity contribution in [3.8, 4) is 0 Å². The summed E-state index contributed by atoms with van der Waals surface area (Å²) in [6.45, 7) is 6.96. The van der Waals surface area contributed by atoms with Crippen molar-refractivity contribution in [3.63, 3.8) is 0 Å². The summed E-state index contributed by atoms with van der Waals surface area (Å²) in [7, 11) is 0. The molecule has 2 fully saturated rings. The molecule has 0 aromatic carbocycles. The Morgan fingerprint density at radius 1 is 1.16 bits per heavy atom. The summed E-state index contributed by atoms with van der Waals surface area (Å²) in [6, 6.07) is 3.13.